The van der Waals surface area contributed by atoms with Crippen LogP contribution in [0.4, 0.5) is 0 Å². The van der Waals surface area contributed by atoms with Crippen LogP contribution in [0.25, 0.3) is 16.6 Å². The molecule has 0 amide bonds. The molecule has 0 fully saturated rings. The predicted molar refractivity (Wildman–Crippen MR) is 110 cm³/mol. The Kier molecular flexibility index (Phi) is 5.29. The minimum absolute atomic E-state index is 0.127. The Morgan fingerprint density at radius 1 is 1.35 bits per heavy atom. The minimum atomic E-state index is -0.127. The number of nitrogens with zero attached hydrogens (tertiary/aromatic N) is 2. The quantitative estimate of drug-likeness (QED) is 0.737. The van der Waals surface area contributed by atoms with E-state index in [1.54, 1.807) is 24.2 Å². The van der Waals surface area contributed by atoms with Gasteiger partial charge in [-0.15, -0.1) is 11.6 Å². The highest BCUT2D eigenvalue weighted by Gasteiger charge is 2.21. The van der Waals surface area contributed by atoms with E-state index in [1.165, 1.54) is 5.57 Å². The first-order chi connectivity index (χ1) is 12.7. The Balaban J connectivity index is 1.73. The van der Waals surface area contributed by atoms with Crippen LogP contribution < -0.4 is 0 Å². The Morgan fingerprint density at radius 3 is 3.08 bits per heavy atom. The first kappa shape index (κ1) is 17.6. The van der Waals surface area contributed by atoms with Gasteiger partial charge in [0.15, 0.2) is 0 Å². The molecule has 0 radical (unpaired) electrons. The number of alkyl halides is 1. The molecular formula is C20H20ClN3OS. The monoisotopic (exact) mass is 385 g/mol. The van der Waals surface area contributed by atoms with Crippen LogP contribution in [-0.2, 0) is 0 Å². The van der Waals surface area contributed by atoms with Crippen molar-refractivity contribution in [1.29, 1.82) is 0 Å². The SMILES string of the molecule is OCC1CC=C(c2[nH]c3ncccc3c2SC2=NC=CC(Cl)C=C2)CC1. The number of aliphatic hydroxyl groups excluding tert-OH is 1. The van der Waals surface area contributed by atoms with E-state index in [9.17, 15) is 5.11 Å². The molecule has 0 spiro atoms. The Morgan fingerprint density at radius 2 is 2.27 bits per heavy atom. The Labute approximate surface area is 161 Å². The van der Waals surface area contributed by atoms with E-state index in [0.717, 1.165) is 45.9 Å². The summed E-state index contributed by atoms with van der Waals surface area (Å²) in [6.07, 6.45) is 14.5. The maximum atomic E-state index is 9.39. The number of aliphatic imine (C=N–C) groups is 1. The van der Waals surface area contributed by atoms with Gasteiger partial charge in [0, 0.05) is 29.3 Å². The van der Waals surface area contributed by atoms with Crippen LogP contribution in [0, 0.1) is 5.92 Å². The Bertz CT molecular complexity index is 928. The lowest BCUT2D eigenvalue weighted by atomic mass is 9.89. The van der Waals surface area contributed by atoms with E-state index >= 15 is 0 Å². The van der Waals surface area contributed by atoms with Crippen molar-refractivity contribution in [1.82, 2.24) is 9.97 Å². The number of allylic oxidation sites excluding steroid dienone is 4. The number of thioether (sulfide) groups is 1. The van der Waals surface area contributed by atoms with Gasteiger partial charge in [0.25, 0.3) is 0 Å². The molecule has 0 saturated carbocycles. The summed E-state index contributed by atoms with van der Waals surface area (Å²) in [5.41, 5.74) is 3.30. The molecular weight excluding hydrogens is 366 g/mol. The number of H-pyrrole nitrogens is 1. The zero-order valence-corrected chi connectivity index (χ0v) is 15.8. The van der Waals surface area contributed by atoms with Gasteiger partial charge < -0.3 is 10.1 Å². The summed E-state index contributed by atoms with van der Waals surface area (Å²) in [7, 11) is 0. The number of fused-ring (bicyclic) bond motifs is 1. The van der Waals surface area contributed by atoms with E-state index in [-0.39, 0.29) is 12.0 Å². The van der Waals surface area contributed by atoms with Gasteiger partial charge in [0.1, 0.15) is 10.7 Å². The fourth-order valence-corrected chi connectivity index (χ4v) is 4.42. The molecule has 3 heterocycles. The van der Waals surface area contributed by atoms with Crippen molar-refractivity contribution >= 4 is 45.0 Å². The molecule has 4 rings (SSSR count). The van der Waals surface area contributed by atoms with Crippen LogP contribution >= 0.6 is 23.4 Å². The summed E-state index contributed by atoms with van der Waals surface area (Å²) in [4.78, 5) is 13.6. The number of hydrogen-bond donors (Lipinski definition) is 2. The molecule has 6 heteroatoms. The molecule has 0 aromatic carbocycles. The molecule has 2 unspecified atom stereocenters. The van der Waals surface area contributed by atoms with Crippen molar-refractivity contribution < 1.29 is 5.11 Å². The third-order valence-corrected chi connectivity index (χ3v) is 6.09. The number of hydrogen-bond acceptors (Lipinski definition) is 4. The van der Waals surface area contributed by atoms with Crippen molar-refractivity contribution in [2.45, 2.75) is 29.5 Å². The van der Waals surface area contributed by atoms with Gasteiger partial charge in [-0.1, -0.05) is 23.9 Å². The number of halogens is 1. The van der Waals surface area contributed by atoms with Gasteiger partial charge in [0.2, 0.25) is 0 Å². The normalized spacial score (nSPS) is 23.0. The highest BCUT2D eigenvalue weighted by molar-refractivity contribution is 8.14. The van der Waals surface area contributed by atoms with Gasteiger partial charge in [0.05, 0.1) is 11.1 Å². The molecule has 0 saturated heterocycles. The van der Waals surface area contributed by atoms with Crippen molar-refractivity contribution in [3.8, 4) is 0 Å². The second kappa shape index (κ2) is 7.82. The summed E-state index contributed by atoms with van der Waals surface area (Å²) >= 11 is 7.78. The topological polar surface area (TPSA) is 61.3 Å². The number of aromatic nitrogens is 2. The van der Waals surface area contributed by atoms with Gasteiger partial charge in [-0.25, -0.2) is 9.98 Å². The maximum absolute atomic E-state index is 9.39. The highest BCUT2D eigenvalue weighted by Crippen LogP contribution is 2.39. The lowest BCUT2D eigenvalue weighted by Gasteiger charge is -2.20. The fraction of sp³-hybridized carbons (Fsp3) is 0.300. The molecule has 26 heavy (non-hydrogen) atoms. The molecule has 2 atom stereocenters. The van der Waals surface area contributed by atoms with E-state index < -0.39 is 0 Å². The maximum Gasteiger partial charge on any atom is 0.138 e. The smallest absolute Gasteiger partial charge is 0.138 e. The molecule has 1 aliphatic carbocycles. The molecule has 2 aromatic rings. The average Bonchev–Trinajstić information content (AvgIpc) is 2.91. The lowest BCUT2D eigenvalue weighted by Crippen LogP contribution is -2.09. The molecule has 0 bridgehead atoms. The van der Waals surface area contributed by atoms with E-state index in [1.807, 2.05) is 24.3 Å². The standard InChI is InChI=1S/C20H20ClN3OS/c21-15-7-8-17(22-11-9-15)26-19-16-2-1-10-23-20(16)24-18(19)14-5-3-13(12-25)4-6-14/h1-2,5,7-11,13,15,25H,3-4,6,12H2,(H,23,24). The summed E-state index contributed by atoms with van der Waals surface area (Å²) in [5, 5.41) is 11.3. The Hall–Kier alpha value is -1.82. The van der Waals surface area contributed by atoms with Crippen LogP contribution in [0.3, 0.4) is 0 Å². The van der Waals surface area contributed by atoms with Crippen LogP contribution in [0.5, 0.6) is 0 Å². The van der Waals surface area contributed by atoms with Gasteiger partial charge in [-0.05, 0) is 55.0 Å². The van der Waals surface area contributed by atoms with Crippen molar-refractivity contribution in [2.75, 3.05) is 6.61 Å². The predicted octanol–water partition coefficient (Wildman–Crippen LogP) is 4.92. The minimum Gasteiger partial charge on any atom is -0.396 e. The molecule has 2 N–H and O–H groups in total. The third kappa shape index (κ3) is 3.65. The van der Waals surface area contributed by atoms with Crippen LogP contribution in [-0.4, -0.2) is 32.1 Å². The van der Waals surface area contributed by atoms with Crippen molar-refractivity contribution in [3.63, 3.8) is 0 Å². The zero-order chi connectivity index (χ0) is 17.9. The molecule has 2 aromatic heterocycles. The van der Waals surface area contributed by atoms with Crippen LogP contribution in [0.1, 0.15) is 25.0 Å². The number of aliphatic hydroxyl groups is 1. The summed E-state index contributed by atoms with van der Waals surface area (Å²) < 4.78 is 0. The van der Waals surface area contributed by atoms with Gasteiger partial charge in [-0.3, -0.25) is 0 Å². The summed E-state index contributed by atoms with van der Waals surface area (Å²) in [6.45, 7) is 0.257. The summed E-state index contributed by atoms with van der Waals surface area (Å²) in [5.74, 6) is 0.373. The first-order valence-corrected chi connectivity index (χ1v) is 10.0. The van der Waals surface area contributed by atoms with E-state index in [4.69, 9.17) is 11.6 Å². The van der Waals surface area contributed by atoms with Gasteiger partial charge >= 0.3 is 0 Å². The number of aromatic amines is 1. The second-order valence-corrected chi connectivity index (χ2v) is 8.03. The van der Waals surface area contributed by atoms with E-state index in [0.29, 0.717) is 5.92 Å². The highest BCUT2D eigenvalue weighted by atomic mass is 35.5. The van der Waals surface area contributed by atoms with Crippen LogP contribution in [0.2, 0.25) is 0 Å². The fourth-order valence-electron chi connectivity index (χ4n) is 3.26. The number of pyridine rings is 1. The first-order valence-electron chi connectivity index (χ1n) is 8.76. The van der Waals surface area contributed by atoms with Crippen molar-refractivity contribution in [3.05, 3.63) is 54.5 Å². The molecule has 1 aliphatic heterocycles. The largest absolute Gasteiger partial charge is 0.396 e. The van der Waals surface area contributed by atoms with Crippen LogP contribution in [0.15, 0.2) is 58.7 Å². The second-order valence-electron chi connectivity index (χ2n) is 6.50. The molecule has 134 valence electrons. The summed E-state index contributed by atoms with van der Waals surface area (Å²) in [6, 6.07) is 4.05. The number of nitrogens with one attached hydrogen (secondary N) is 1. The zero-order valence-electron chi connectivity index (χ0n) is 14.2. The number of rotatable bonds is 3. The molecule has 2 aliphatic rings. The van der Waals surface area contributed by atoms with Gasteiger partial charge in [-0.2, -0.15) is 0 Å². The van der Waals surface area contributed by atoms with Crippen molar-refractivity contribution in [2.24, 2.45) is 10.9 Å². The third-order valence-electron chi connectivity index (χ3n) is 4.72. The van der Waals surface area contributed by atoms with E-state index in [2.05, 4.69) is 27.1 Å². The lowest BCUT2D eigenvalue weighted by molar-refractivity contribution is 0.218. The average molecular weight is 386 g/mol. The molecule has 4 nitrogen and oxygen atoms in total.